The van der Waals surface area contributed by atoms with Gasteiger partial charge in [0.15, 0.2) is 0 Å². The van der Waals surface area contributed by atoms with Crippen LogP contribution in [0.4, 0.5) is 0 Å². The van der Waals surface area contributed by atoms with E-state index < -0.39 is 0 Å². The maximum absolute atomic E-state index is 5.45. The van der Waals surface area contributed by atoms with Crippen molar-refractivity contribution in [1.82, 2.24) is 5.32 Å². The van der Waals surface area contributed by atoms with Crippen molar-refractivity contribution in [2.45, 2.75) is 27.2 Å². The maximum Gasteiger partial charge on any atom is 0.122 e. The molecule has 0 radical (unpaired) electrons. The van der Waals surface area contributed by atoms with Gasteiger partial charge in [0.2, 0.25) is 0 Å². The van der Waals surface area contributed by atoms with E-state index in [0.29, 0.717) is 6.54 Å². The highest BCUT2D eigenvalue weighted by Gasteiger charge is 2.09. The molecule has 1 aromatic rings. The van der Waals surface area contributed by atoms with E-state index in [1.807, 2.05) is 0 Å². The van der Waals surface area contributed by atoms with Crippen LogP contribution in [0.1, 0.15) is 22.3 Å². The summed E-state index contributed by atoms with van der Waals surface area (Å²) in [4.78, 5) is 0. The number of ether oxygens (including phenoxy) is 1. The third kappa shape index (κ3) is 3.45. The van der Waals surface area contributed by atoms with Crippen LogP contribution in [0.2, 0.25) is 0 Å². The fourth-order valence-corrected chi connectivity index (χ4v) is 2.14. The maximum atomic E-state index is 5.45. The van der Waals surface area contributed by atoms with Crippen molar-refractivity contribution in [1.29, 1.82) is 0 Å². The van der Waals surface area contributed by atoms with Crippen LogP contribution in [-0.4, -0.2) is 26.7 Å². The molecule has 1 aromatic carbocycles. The van der Waals surface area contributed by atoms with Gasteiger partial charge in [0, 0.05) is 13.1 Å². The van der Waals surface area contributed by atoms with E-state index >= 15 is 0 Å². The second-order valence-electron chi connectivity index (χ2n) is 4.41. The molecule has 0 aromatic heterocycles. The molecule has 0 saturated heterocycles. The highest BCUT2D eigenvalue weighted by Crippen LogP contribution is 2.27. The smallest absolute Gasteiger partial charge is 0.122 e. The third-order valence-electron chi connectivity index (χ3n) is 3.30. The molecule has 0 amide bonds. The molecule has 3 N–H and O–H groups in total. The van der Waals surface area contributed by atoms with Crippen LogP contribution in [0.15, 0.2) is 6.07 Å². The van der Waals surface area contributed by atoms with Crippen LogP contribution in [0.5, 0.6) is 5.75 Å². The number of nitrogens with two attached hydrogens (primary N) is 1. The number of rotatable bonds is 6. The van der Waals surface area contributed by atoms with Gasteiger partial charge in [0.05, 0.1) is 7.11 Å². The van der Waals surface area contributed by atoms with Gasteiger partial charge in [-0.15, -0.1) is 0 Å². The molecule has 0 aliphatic rings. The number of hydrogen-bond acceptors (Lipinski definition) is 3. The van der Waals surface area contributed by atoms with Crippen molar-refractivity contribution in [3.05, 3.63) is 28.3 Å². The third-order valence-corrected chi connectivity index (χ3v) is 3.30. The van der Waals surface area contributed by atoms with Crippen molar-refractivity contribution in [2.75, 3.05) is 26.7 Å². The molecule has 0 saturated carbocycles. The lowest BCUT2D eigenvalue weighted by molar-refractivity contribution is 0.410. The Kier molecular flexibility index (Phi) is 5.45. The zero-order valence-corrected chi connectivity index (χ0v) is 11.4. The van der Waals surface area contributed by atoms with Crippen LogP contribution >= 0.6 is 0 Å². The van der Waals surface area contributed by atoms with Crippen LogP contribution in [0.3, 0.4) is 0 Å². The Morgan fingerprint density at radius 2 is 1.88 bits per heavy atom. The molecular formula is C14H24N2O. The summed E-state index contributed by atoms with van der Waals surface area (Å²) in [6.45, 7) is 8.98. The Hall–Kier alpha value is -1.06. The predicted octanol–water partition coefficient (Wildman–Crippen LogP) is 1.71. The van der Waals surface area contributed by atoms with E-state index in [4.69, 9.17) is 10.5 Å². The lowest BCUT2D eigenvalue weighted by atomic mass is 9.95. The molecule has 17 heavy (non-hydrogen) atoms. The number of benzene rings is 1. The van der Waals surface area contributed by atoms with Crippen molar-refractivity contribution in [3.8, 4) is 5.75 Å². The first-order valence-electron chi connectivity index (χ1n) is 6.16. The summed E-state index contributed by atoms with van der Waals surface area (Å²) >= 11 is 0. The van der Waals surface area contributed by atoms with Gasteiger partial charge < -0.3 is 15.8 Å². The van der Waals surface area contributed by atoms with Gasteiger partial charge in [-0.25, -0.2) is 0 Å². The van der Waals surface area contributed by atoms with Crippen molar-refractivity contribution in [2.24, 2.45) is 5.73 Å². The monoisotopic (exact) mass is 236 g/mol. The summed E-state index contributed by atoms with van der Waals surface area (Å²) in [7, 11) is 1.73. The zero-order chi connectivity index (χ0) is 12.8. The van der Waals surface area contributed by atoms with E-state index in [-0.39, 0.29) is 0 Å². The minimum absolute atomic E-state index is 0.694. The van der Waals surface area contributed by atoms with E-state index in [2.05, 4.69) is 32.2 Å². The van der Waals surface area contributed by atoms with E-state index in [1.165, 1.54) is 22.3 Å². The quantitative estimate of drug-likeness (QED) is 0.739. The normalized spacial score (nSPS) is 10.6. The highest BCUT2D eigenvalue weighted by atomic mass is 16.5. The number of aryl methyl sites for hydroxylation is 1. The van der Waals surface area contributed by atoms with Gasteiger partial charge in [0.1, 0.15) is 5.75 Å². The zero-order valence-electron chi connectivity index (χ0n) is 11.4. The van der Waals surface area contributed by atoms with Crippen LogP contribution in [0, 0.1) is 20.8 Å². The summed E-state index contributed by atoms with van der Waals surface area (Å²) in [6.07, 6.45) is 1.04. The number of hydrogen-bond donors (Lipinski definition) is 2. The Labute approximate surface area is 104 Å². The fraction of sp³-hybridized carbons (Fsp3) is 0.571. The molecular weight excluding hydrogens is 212 g/mol. The molecule has 0 aliphatic carbocycles. The van der Waals surface area contributed by atoms with Gasteiger partial charge in [-0.2, -0.15) is 0 Å². The van der Waals surface area contributed by atoms with Gasteiger partial charge in [-0.05, 0) is 62.1 Å². The Morgan fingerprint density at radius 3 is 2.47 bits per heavy atom. The van der Waals surface area contributed by atoms with Crippen LogP contribution in [0.25, 0.3) is 0 Å². The van der Waals surface area contributed by atoms with E-state index in [1.54, 1.807) is 7.11 Å². The van der Waals surface area contributed by atoms with Gasteiger partial charge in [-0.1, -0.05) is 0 Å². The molecule has 1 rings (SSSR count). The molecule has 0 aliphatic heterocycles. The van der Waals surface area contributed by atoms with Gasteiger partial charge >= 0.3 is 0 Å². The average Bonchev–Trinajstić information content (AvgIpc) is 2.32. The fourth-order valence-electron chi connectivity index (χ4n) is 2.14. The van der Waals surface area contributed by atoms with Crippen LogP contribution < -0.4 is 15.8 Å². The minimum Gasteiger partial charge on any atom is -0.496 e. The second-order valence-corrected chi connectivity index (χ2v) is 4.41. The molecule has 0 spiro atoms. The SMILES string of the molecule is COc1cc(C)c(CCNCCN)c(C)c1C. The van der Waals surface area contributed by atoms with E-state index in [0.717, 1.165) is 25.3 Å². The largest absolute Gasteiger partial charge is 0.496 e. The summed E-state index contributed by atoms with van der Waals surface area (Å²) in [6, 6.07) is 2.13. The van der Waals surface area contributed by atoms with Gasteiger partial charge in [-0.3, -0.25) is 0 Å². The first kappa shape index (κ1) is 14.0. The lowest BCUT2D eigenvalue weighted by Crippen LogP contribution is -2.24. The average molecular weight is 236 g/mol. The van der Waals surface area contributed by atoms with Crippen molar-refractivity contribution >= 4 is 0 Å². The topological polar surface area (TPSA) is 47.3 Å². The Morgan fingerprint density at radius 1 is 1.18 bits per heavy atom. The molecule has 3 nitrogen and oxygen atoms in total. The standard InChI is InChI=1S/C14H24N2O/c1-10-9-14(17-4)12(3)11(2)13(10)5-7-16-8-6-15/h9,16H,5-8,15H2,1-4H3. The molecule has 0 atom stereocenters. The molecule has 0 unspecified atom stereocenters. The van der Waals surface area contributed by atoms with Crippen molar-refractivity contribution in [3.63, 3.8) is 0 Å². The first-order chi connectivity index (χ1) is 8.11. The Bertz CT molecular complexity index is 375. The molecule has 0 fully saturated rings. The summed E-state index contributed by atoms with van der Waals surface area (Å²) < 4.78 is 5.37. The molecule has 0 heterocycles. The van der Waals surface area contributed by atoms with E-state index in [9.17, 15) is 0 Å². The lowest BCUT2D eigenvalue weighted by Gasteiger charge is -2.16. The summed E-state index contributed by atoms with van der Waals surface area (Å²) in [5, 5.41) is 3.33. The Balaban J connectivity index is 2.81. The highest BCUT2D eigenvalue weighted by molar-refractivity contribution is 5.48. The predicted molar refractivity (Wildman–Crippen MR) is 72.8 cm³/mol. The van der Waals surface area contributed by atoms with Crippen molar-refractivity contribution < 1.29 is 4.74 Å². The number of nitrogens with one attached hydrogen (secondary N) is 1. The molecule has 3 heteroatoms. The second kappa shape index (κ2) is 6.62. The summed E-state index contributed by atoms with van der Waals surface area (Å²) in [5.74, 6) is 0.985. The first-order valence-corrected chi connectivity index (χ1v) is 6.16. The van der Waals surface area contributed by atoms with Crippen LogP contribution in [-0.2, 0) is 6.42 Å². The number of methoxy groups -OCH3 is 1. The molecule has 0 bridgehead atoms. The van der Waals surface area contributed by atoms with Gasteiger partial charge in [0.25, 0.3) is 0 Å². The minimum atomic E-state index is 0.694. The summed E-state index contributed by atoms with van der Waals surface area (Å²) in [5.41, 5.74) is 10.8. The molecule has 96 valence electrons.